The highest BCUT2D eigenvalue weighted by molar-refractivity contribution is 6.31. The van der Waals surface area contributed by atoms with Crippen LogP contribution in [0.4, 0.5) is 18.9 Å². The van der Waals surface area contributed by atoms with Crippen molar-refractivity contribution in [3.63, 3.8) is 0 Å². The van der Waals surface area contributed by atoms with E-state index in [1.165, 1.54) is 23.0 Å². The molecule has 0 spiro atoms. The van der Waals surface area contributed by atoms with Crippen molar-refractivity contribution < 1.29 is 18.3 Å². The summed E-state index contributed by atoms with van der Waals surface area (Å²) in [6.07, 6.45) is -0.639. The molecule has 1 fully saturated rings. The van der Waals surface area contributed by atoms with Gasteiger partial charge in [-0.25, -0.2) is 9.67 Å². The van der Waals surface area contributed by atoms with E-state index in [4.69, 9.17) is 11.6 Å². The van der Waals surface area contributed by atoms with Crippen molar-refractivity contribution in [1.82, 2.24) is 25.0 Å². The maximum Gasteiger partial charge on any atom is 0.416 e. The van der Waals surface area contributed by atoms with E-state index in [0.29, 0.717) is 39.2 Å². The van der Waals surface area contributed by atoms with E-state index in [2.05, 4.69) is 25.6 Å². The van der Waals surface area contributed by atoms with Crippen molar-refractivity contribution in [2.75, 3.05) is 5.32 Å². The average molecular weight is 593 g/mol. The third-order valence-electron chi connectivity index (χ3n) is 7.74. The molecule has 7 nitrogen and oxygen atoms in total. The van der Waals surface area contributed by atoms with Gasteiger partial charge in [-0.1, -0.05) is 41.1 Å². The fraction of sp³-hybridized carbons (Fsp3) is 0.290. The standard InChI is InChI=1S/C31H28ClF3N6O/c1-17-4-12-25(18(2)37-17)30(42,27-16-36-40-41(27)3)21-9-13-26-23(15-21)28(38-22-10-11-22)24(29(32)39-26)14-19-5-7-20(8-6-19)31(33,34)35/h4-9,12-13,15-16,22,42H,10-11,14H2,1-3H3,(H,38,39). The summed E-state index contributed by atoms with van der Waals surface area (Å²) in [7, 11) is 1.72. The van der Waals surface area contributed by atoms with Crippen LogP contribution in [0.15, 0.2) is 60.8 Å². The maximum absolute atomic E-state index is 13.2. The van der Waals surface area contributed by atoms with Gasteiger partial charge in [0.1, 0.15) is 5.15 Å². The summed E-state index contributed by atoms with van der Waals surface area (Å²) in [6.45, 7) is 3.74. The second-order valence-electron chi connectivity index (χ2n) is 10.8. The van der Waals surface area contributed by atoms with Crippen LogP contribution in [-0.4, -0.2) is 36.1 Å². The number of nitrogens with one attached hydrogen (secondary N) is 1. The van der Waals surface area contributed by atoms with Crippen molar-refractivity contribution >= 4 is 28.2 Å². The van der Waals surface area contributed by atoms with E-state index in [-0.39, 0.29) is 17.6 Å². The first-order chi connectivity index (χ1) is 19.9. The number of nitrogens with zero attached hydrogens (tertiary/aromatic N) is 5. The van der Waals surface area contributed by atoms with Crippen molar-refractivity contribution in [3.05, 3.63) is 111 Å². The molecule has 2 aromatic carbocycles. The van der Waals surface area contributed by atoms with Gasteiger partial charge in [-0.2, -0.15) is 13.2 Å². The van der Waals surface area contributed by atoms with Gasteiger partial charge in [0, 0.05) is 47.4 Å². The molecule has 1 aliphatic rings. The Balaban J connectivity index is 1.53. The number of rotatable bonds is 7. The fourth-order valence-electron chi connectivity index (χ4n) is 5.40. The Hall–Kier alpha value is -4.02. The molecule has 216 valence electrons. The van der Waals surface area contributed by atoms with Gasteiger partial charge >= 0.3 is 6.18 Å². The van der Waals surface area contributed by atoms with Crippen LogP contribution in [0.3, 0.4) is 0 Å². The van der Waals surface area contributed by atoms with Crippen LogP contribution in [0.5, 0.6) is 0 Å². The number of alkyl halides is 3. The van der Waals surface area contributed by atoms with Crippen molar-refractivity contribution in [1.29, 1.82) is 0 Å². The van der Waals surface area contributed by atoms with Gasteiger partial charge in [0.15, 0.2) is 5.60 Å². The molecule has 2 N–H and O–H groups in total. The maximum atomic E-state index is 13.2. The molecule has 0 saturated heterocycles. The first-order valence-electron chi connectivity index (χ1n) is 13.5. The number of anilines is 1. The van der Waals surface area contributed by atoms with Crippen LogP contribution >= 0.6 is 11.6 Å². The Morgan fingerprint density at radius 3 is 2.33 bits per heavy atom. The largest absolute Gasteiger partial charge is 0.416 e. The molecule has 5 aromatic rings. The molecule has 11 heteroatoms. The quantitative estimate of drug-likeness (QED) is 0.210. The fourth-order valence-corrected chi connectivity index (χ4v) is 5.65. The lowest BCUT2D eigenvalue weighted by Crippen LogP contribution is -2.32. The molecule has 0 aliphatic heterocycles. The molecule has 42 heavy (non-hydrogen) atoms. The number of aliphatic hydroxyl groups is 1. The monoisotopic (exact) mass is 592 g/mol. The van der Waals surface area contributed by atoms with Crippen LogP contribution in [0.25, 0.3) is 10.9 Å². The lowest BCUT2D eigenvalue weighted by molar-refractivity contribution is -0.137. The van der Waals surface area contributed by atoms with E-state index >= 15 is 0 Å². The van der Waals surface area contributed by atoms with Crippen LogP contribution in [0.1, 0.15) is 57.7 Å². The van der Waals surface area contributed by atoms with Crippen molar-refractivity contribution in [2.45, 2.75) is 50.9 Å². The molecule has 1 atom stereocenters. The first-order valence-corrected chi connectivity index (χ1v) is 13.9. The third kappa shape index (κ3) is 5.09. The topological polar surface area (TPSA) is 88.8 Å². The molecular formula is C31H28ClF3N6O. The van der Waals surface area contributed by atoms with E-state index in [1.54, 1.807) is 13.1 Å². The molecule has 0 bridgehead atoms. The third-order valence-corrected chi connectivity index (χ3v) is 8.05. The second kappa shape index (κ2) is 10.4. The molecule has 3 heterocycles. The number of fused-ring (bicyclic) bond motifs is 1. The zero-order chi connectivity index (χ0) is 29.8. The lowest BCUT2D eigenvalue weighted by atomic mass is 9.82. The average Bonchev–Trinajstić information content (AvgIpc) is 3.66. The first kappa shape index (κ1) is 28.1. The molecule has 1 saturated carbocycles. The number of benzene rings is 2. The zero-order valence-electron chi connectivity index (χ0n) is 23.2. The Morgan fingerprint density at radius 2 is 1.71 bits per heavy atom. The van der Waals surface area contributed by atoms with E-state index in [0.717, 1.165) is 41.7 Å². The Labute approximate surface area is 245 Å². The Bertz CT molecular complexity index is 1800. The molecule has 0 radical (unpaired) electrons. The minimum absolute atomic E-state index is 0.241. The number of aromatic nitrogens is 5. The summed E-state index contributed by atoms with van der Waals surface area (Å²) in [5, 5.41) is 25.2. The SMILES string of the molecule is Cc1ccc(C(O)(c2ccc3nc(Cl)c(Cc4ccc(C(F)(F)F)cc4)c(NC4CC4)c3c2)c2cnnn2C)c(C)n1. The summed E-state index contributed by atoms with van der Waals surface area (Å²) in [5.74, 6) is 0. The highest BCUT2D eigenvalue weighted by atomic mass is 35.5. The zero-order valence-corrected chi connectivity index (χ0v) is 23.9. The van der Waals surface area contributed by atoms with E-state index < -0.39 is 17.3 Å². The number of pyridine rings is 2. The van der Waals surface area contributed by atoms with Crippen LogP contribution in [0, 0.1) is 13.8 Å². The highest BCUT2D eigenvalue weighted by Gasteiger charge is 2.39. The van der Waals surface area contributed by atoms with E-state index in [9.17, 15) is 18.3 Å². The second-order valence-corrected chi connectivity index (χ2v) is 11.2. The van der Waals surface area contributed by atoms with Crippen molar-refractivity contribution in [3.8, 4) is 0 Å². The highest BCUT2D eigenvalue weighted by Crippen LogP contribution is 2.42. The molecule has 1 aliphatic carbocycles. The Morgan fingerprint density at radius 1 is 1.00 bits per heavy atom. The van der Waals surface area contributed by atoms with Gasteiger partial charge < -0.3 is 10.4 Å². The van der Waals surface area contributed by atoms with Crippen LogP contribution in [0.2, 0.25) is 5.15 Å². The van der Waals surface area contributed by atoms with Gasteiger partial charge in [-0.05, 0) is 68.1 Å². The number of hydrogen-bond acceptors (Lipinski definition) is 6. The molecule has 3 aromatic heterocycles. The normalized spacial score (nSPS) is 15.1. The summed E-state index contributed by atoms with van der Waals surface area (Å²) in [5.41, 5.74) is 3.42. The summed E-state index contributed by atoms with van der Waals surface area (Å²) < 4.78 is 41.0. The summed E-state index contributed by atoms with van der Waals surface area (Å²) in [6, 6.07) is 14.5. The predicted molar refractivity (Wildman–Crippen MR) is 154 cm³/mol. The summed E-state index contributed by atoms with van der Waals surface area (Å²) >= 11 is 6.72. The number of halogens is 4. The number of hydrogen-bond donors (Lipinski definition) is 2. The Kier molecular flexibility index (Phi) is 6.93. The van der Waals surface area contributed by atoms with Crippen molar-refractivity contribution in [2.24, 2.45) is 7.05 Å². The minimum atomic E-state index is -4.42. The smallest absolute Gasteiger partial charge is 0.381 e. The number of aryl methyl sites for hydroxylation is 3. The van der Waals surface area contributed by atoms with E-state index in [1.807, 2.05) is 38.1 Å². The van der Waals surface area contributed by atoms with Gasteiger partial charge in [-0.3, -0.25) is 4.98 Å². The molecule has 6 rings (SSSR count). The van der Waals surface area contributed by atoms with Crippen LogP contribution < -0.4 is 5.32 Å². The predicted octanol–water partition coefficient (Wildman–Crippen LogP) is 6.50. The molecular weight excluding hydrogens is 565 g/mol. The van der Waals surface area contributed by atoms with Gasteiger partial charge in [0.05, 0.1) is 28.7 Å². The minimum Gasteiger partial charge on any atom is -0.381 e. The van der Waals surface area contributed by atoms with Gasteiger partial charge in [0.25, 0.3) is 0 Å². The molecule has 1 unspecified atom stereocenters. The summed E-state index contributed by atoms with van der Waals surface area (Å²) in [4.78, 5) is 9.25. The molecule has 0 amide bonds. The lowest BCUT2D eigenvalue weighted by Gasteiger charge is -2.30. The van der Waals surface area contributed by atoms with Gasteiger partial charge in [0.2, 0.25) is 0 Å². The van der Waals surface area contributed by atoms with Gasteiger partial charge in [-0.15, -0.1) is 5.10 Å². The van der Waals surface area contributed by atoms with Crippen LogP contribution in [-0.2, 0) is 25.2 Å².